The number of piperidine rings is 1. The molecule has 2 aromatic carbocycles. The molecule has 0 saturated carbocycles. The molecule has 4 heteroatoms. The average Bonchev–Trinajstić information content (AvgIpc) is 2.63. The molecule has 24 heavy (non-hydrogen) atoms. The number of halogens is 1. The topological polar surface area (TPSA) is 24.5 Å². The Kier molecular flexibility index (Phi) is 4.63. The predicted octanol–water partition coefficient (Wildman–Crippen LogP) is 3.90. The van der Waals surface area contributed by atoms with E-state index in [2.05, 4.69) is 40.5 Å². The van der Waals surface area contributed by atoms with Crippen LogP contribution in [0.4, 0.5) is 5.69 Å². The van der Waals surface area contributed by atoms with Crippen LogP contribution in [0.2, 0.25) is 5.02 Å². The molecule has 0 aromatic heterocycles. The Labute approximate surface area is 148 Å². The molecule has 1 atom stereocenters. The van der Waals surface area contributed by atoms with Gasteiger partial charge in [0.1, 0.15) is 12.4 Å². The molecule has 0 aliphatic carbocycles. The number of para-hydroxylation sites is 1. The molecule has 1 saturated heterocycles. The van der Waals surface area contributed by atoms with Gasteiger partial charge in [-0.2, -0.15) is 0 Å². The molecule has 0 spiro atoms. The number of nitrogens with zero attached hydrogens (tertiary/aromatic N) is 1. The minimum atomic E-state index is 0.423. The van der Waals surface area contributed by atoms with Crippen molar-refractivity contribution in [1.82, 2.24) is 5.32 Å². The van der Waals surface area contributed by atoms with E-state index in [0.29, 0.717) is 12.1 Å². The number of nitrogens with one attached hydrogen (secondary N) is 1. The molecule has 4 rings (SSSR count). The Morgan fingerprint density at radius 2 is 1.71 bits per heavy atom. The van der Waals surface area contributed by atoms with Crippen molar-refractivity contribution in [3.05, 3.63) is 59.1 Å². The van der Waals surface area contributed by atoms with Crippen LogP contribution in [0.15, 0.2) is 48.5 Å². The second-order valence-electron chi connectivity index (χ2n) is 6.72. The Hall–Kier alpha value is -1.71. The maximum Gasteiger partial charge on any atom is 0.122 e. The highest BCUT2D eigenvalue weighted by molar-refractivity contribution is 6.30. The third kappa shape index (κ3) is 3.52. The van der Waals surface area contributed by atoms with Gasteiger partial charge in [0.05, 0.1) is 0 Å². The van der Waals surface area contributed by atoms with Crippen LogP contribution in [-0.2, 0) is 6.42 Å². The number of hydrogen-bond donors (Lipinski definition) is 1. The van der Waals surface area contributed by atoms with Crippen LogP contribution in [-0.4, -0.2) is 31.8 Å². The fourth-order valence-electron chi connectivity index (χ4n) is 3.72. The van der Waals surface area contributed by atoms with Gasteiger partial charge in [-0.25, -0.2) is 0 Å². The predicted molar refractivity (Wildman–Crippen MR) is 99.3 cm³/mol. The third-order valence-corrected chi connectivity index (χ3v) is 5.29. The number of fused-ring (bicyclic) bond motifs is 1. The van der Waals surface area contributed by atoms with Crippen molar-refractivity contribution in [2.75, 3.05) is 24.6 Å². The lowest BCUT2D eigenvalue weighted by Crippen LogP contribution is -2.49. The molecular weight excluding hydrogens is 320 g/mol. The summed E-state index contributed by atoms with van der Waals surface area (Å²) in [6, 6.07) is 17.5. The molecule has 1 N–H and O–H groups in total. The molecular formula is C20H23ClN2O. The molecule has 2 heterocycles. The van der Waals surface area contributed by atoms with Gasteiger partial charge in [-0.05, 0) is 55.2 Å². The number of ether oxygens (including phenoxy) is 1. The second kappa shape index (κ2) is 7.04. The van der Waals surface area contributed by atoms with Gasteiger partial charge >= 0.3 is 0 Å². The highest BCUT2D eigenvalue weighted by Crippen LogP contribution is 2.26. The Morgan fingerprint density at radius 1 is 0.958 bits per heavy atom. The first kappa shape index (κ1) is 15.8. The minimum Gasteiger partial charge on any atom is -0.492 e. The number of rotatable bonds is 3. The fraction of sp³-hybridized carbons (Fsp3) is 0.400. The van der Waals surface area contributed by atoms with Crippen molar-refractivity contribution >= 4 is 17.3 Å². The van der Waals surface area contributed by atoms with Crippen molar-refractivity contribution in [3.8, 4) is 5.75 Å². The third-order valence-electron chi connectivity index (χ3n) is 5.04. The summed E-state index contributed by atoms with van der Waals surface area (Å²) in [5.41, 5.74) is 2.59. The maximum atomic E-state index is 5.98. The van der Waals surface area contributed by atoms with E-state index < -0.39 is 0 Å². The summed E-state index contributed by atoms with van der Waals surface area (Å²) in [4.78, 5) is 2.45. The van der Waals surface area contributed by atoms with Gasteiger partial charge in [0.15, 0.2) is 0 Å². The lowest BCUT2D eigenvalue weighted by atomic mass is 9.99. The molecule has 0 unspecified atom stereocenters. The van der Waals surface area contributed by atoms with Crippen LogP contribution in [0.1, 0.15) is 18.4 Å². The summed E-state index contributed by atoms with van der Waals surface area (Å²) in [5.74, 6) is 1.05. The van der Waals surface area contributed by atoms with Gasteiger partial charge in [-0.1, -0.05) is 29.8 Å². The van der Waals surface area contributed by atoms with E-state index >= 15 is 0 Å². The molecule has 2 aliphatic heterocycles. The van der Waals surface area contributed by atoms with E-state index in [1.54, 1.807) is 0 Å². The Morgan fingerprint density at radius 3 is 2.50 bits per heavy atom. The first-order valence-electron chi connectivity index (χ1n) is 8.75. The van der Waals surface area contributed by atoms with Crippen LogP contribution < -0.4 is 15.0 Å². The Bertz CT molecular complexity index is 680. The van der Waals surface area contributed by atoms with Crippen molar-refractivity contribution in [1.29, 1.82) is 0 Å². The molecule has 0 radical (unpaired) electrons. The van der Waals surface area contributed by atoms with Gasteiger partial charge in [-0.15, -0.1) is 0 Å². The van der Waals surface area contributed by atoms with Crippen LogP contribution in [0.5, 0.6) is 5.75 Å². The fourth-order valence-corrected chi connectivity index (χ4v) is 3.85. The standard InChI is InChI=1S/C20H23ClN2O/c21-16-5-7-19(8-6-16)23-11-9-17(10-12-23)22-18-13-15-3-1-2-4-20(15)24-14-18/h1-8,17-18,22H,9-14H2/t18-/m1/s1. The minimum absolute atomic E-state index is 0.423. The first-order valence-corrected chi connectivity index (χ1v) is 9.13. The van der Waals surface area contributed by atoms with E-state index in [4.69, 9.17) is 16.3 Å². The van der Waals surface area contributed by atoms with Crippen molar-refractivity contribution in [2.45, 2.75) is 31.3 Å². The van der Waals surface area contributed by atoms with Crippen LogP contribution in [0, 0.1) is 0 Å². The van der Waals surface area contributed by atoms with Crippen LogP contribution in [0.3, 0.4) is 0 Å². The van der Waals surface area contributed by atoms with E-state index in [1.165, 1.54) is 24.1 Å². The lowest BCUT2D eigenvalue weighted by molar-refractivity contribution is 0.219. The van der Waals surface area contributed by atoms with Crippen molar-refractivity contribution in [3.63, 3.8) is 0 Å². The van der Waals surface area contributed by atoms with Crippen molar-refractivity contribution < 1.29 is 4.74 Å². The highest BCUT2D eigenvalue weighted by atomic mass is 35.5. The SMILES string of the molecule is Clc1ccc(N2CCC(N[C@H]3COc4ccccc4C3)CC2)cc1. The summed E-state index contributed by atoms with van der Waals surface area (Å²) >= 11 is 5.98. The summed E-state index contributed by atoms with van der Waals surface area (Å²) in [5, 5.41) is 4.61. The number of hydrogen-bond acceptors (Lipinski definition) is 3. The summed E-state index contributed by atoms with van der Waals surface area (Å²) in [7, 11) is 0. The zero-order valence-electron chi connectivity index (χ0n) is 13.7. The number of anilines is 1. The zero-order chi connectivity index (χ0) is 16.4. The van der Waals surface area contributed by atoms with Gasteiger partial charge in [-0.3, -0.25) is 0 Å². The first-order chi connectivity index (χ1) is 11.8. The zero-order valence-corrected chi connectivity index (χ0v) is 14.5. The molecule has 0 bridgehead atoms. The van der Waals surface area contributed by atoms with Gasteiger partial charge in [0.2, 0.25) is 0 Å². The molecule has 1 fully saturated rings. The average molecular weight is 343 g/mol. The second-order valence-corrected chi connectivity index (χ2v) is 7.16. The van der Waals surface area contributed by atoms with E-state index in [0.717, 1.165) is 36.9 Å². The normalized spacial score (nSPS) is 21.2. The van der Waals surface area contributed by atoms with Crippen molar-refractivity contribution in [2.24, 2.45) is 0 Å². The summed E-state index contributed by atoms with van der Waals surface area (Å²) in [6.07, 6.45) is 3.40. The van der Waals surface area contributed by atoms with Gasteiger partial charge < -0.3 is 15.0 Å². The molecule has 0 amide bonds. The quantitative estimate of drug-likeness (QED) is 0.915. The summed E-state index contributed by atoms with van der Waals surface area (Å²) < 4.78 is 5.89. The summed E-state index contributed by atoms with van der Waals surface area (Å²) in [6.45, 7) is 2.95. The monoisotopic (exact) mass is 342 g/mol. The van der Waals surface area contributed by atoms with Gasteiger partial charge in [0, 0.05) is 35.9 Å². The van der Waals surface area contributed by atoms with E-state index in [-0.39, 0.29) is 0 Å². The molecule has 2 aliphatic rings. The van der Waals surface area contributed by atoms with Crippen LogP contribution >= 0.6 is 11.6 Å². The smallest absolute Gasteiger partial charge is 0.122 e. The largest absolute Gasteiger partial charge is 0.492 e. The number of benzene rings is 2. The van der Waals surface area contributed by atoms with Gasteiger partial charge in [0.25, 0.3) is 0 Å². The van der Waals surface area contributed by atoms with Crippen LogP contribution in [0.25, 0.3) is 0 Å². The maximum absolute atomic E-state index is 5.98. The lowest BCUT2D eigenvalue weighted by Gasteiger charge is -2.37. The highest BCUT2D eigenvalue weighted by Gasteiger charge is 2.25. The van der Waals surface area contributed by atoms with E-state index in [1.807, 2.05) is 18.2 Å². The molecule has 2 aromatic rings. The Balaban J connectivity index is 1.30. The van der Waals surface area contributed by atoms with E-state index in [9.17, 15) is 0 Å². The molecule has 126 valence electrons. The molecule has 3 nitrogen and oxygen atoms in total.